The molecule has 3 nitrogen and oxygen atoms in total. The number of fused-ring (bicyclic) bond motifs is 1. The van der Waals surface area contributed by atoms with E-state index in [-0.39, 0.29) is 5.66 Å². The van der Waals surface area contributed by atoms with E-state index in [9.17, 15) is 0 Å². The van der Waals surface area contributed by atoms with Gasteiger partial charge in [-0.2, -0.15) is 0 Å². The Morgan fingerprint density at radius 3 is 2.45 bits per heavy atom. The molecule has 3 aromatic carbocycles. The smallest absolute Gasteiger partial charge is 0.110 e. The summed E-state index contributed by atoms with van der Waals surface area (Å²) in [5, 5.41) is 3.83. The number of nitrogens with one attached hydrogen (secondary N) is 1. The molecule has 0 atom stereocenters. The highest BCUT2D eigenvalue weighted by Gasteiger charge is 2.50. The van der Waals surface area contributed by atoms with Gasteiger partial charge in [0.15, 0.2) is 0 Å². The number of rotatable bonds is 5. The van der Waals surface area contributed by atoms with Crippen molar-refractivity contribution in [2.24, 2.45) is 5.73 Å². The molecule has 29 heavy (non-hydrogen) atoms. The van der Waals surface area contributed by atoms with Gasteiger partial charge in [-0.1, -0.05) is 42.5 Å². The summed E-state index contributed by atoms with van der Waals surface area (Å²) in [6, 6.07) is 21.6. The molecule has 148 valence electrons. The van der Waals surface area contributed by atoms with E-state index < -0.39 is 0 Å². The second-order valence-electron chi connectivity index (χ2n) is 8.48. The van der Waals surface area contributed by atoms with Gasteiger partial charge in [0.25, 0.3) is 0 Å². The SMILES string of the molecule is Cc1cc2c(c(-c3ccccc3CN)c1C)CCN2C1(Nc2ccccc2)CC1. The Balaban J connectivity index is 1.60. The first kappa shape index (κ1) is 18.3. The van der Waals surface area contributed by atoms with Crippen LogP contribution in [0, 0.1) is 13.8 Å². The third-order valence-electron chi connectivity index (χ3n) is 6.70. The van der Waals surface area contributed by atoms with Crippen LogP contribution in [-0.4, -0.2) is 12.2 Å². The molecule has 0 bridgehead atoms. The average molecular weight is 384 g/mol. The number of nitrogens with zero attached hydrogens (tertiary/aromatic N) is 1. The number of hydrogen-bond acceptors (Lipinski definition) is 3. The summed E-state index contributed by atoms with van der Waals surface area (Å²) in [6.07, 6.45) is 3.45. The Labute approximate surface area is 173 Å². The number of para-hydroxylation sites is 1. The van der Waals surface area contributed by atoms with Crippen LogP contribution in [0.1, 0.15) is 35.1 Å². The average Bonchev–Trinajstić information content (AvgIpc) is 3.40. The summed E-state index contributed by atoms with van der Waals surface area (Å²) < 4.78 is 0. The molecule has 1 aliphatic carbocycles. The largest absolute Gasteiger partial charge is 0.363 e. The molecule has 3 aromatic rings. The third-order valence-corrected chi connectivity index (χ3v) is 6.70. The molecule has 0 saturated heterocycles. The number of aryl methyl sites for hydroxylation is 1. The van der Waals surface area contributed by atoms with Crippen molar-refractivity contribution in [3.05, 3.63) is 82.9 Å². The lowest BCUT2D eigenvalue weighted by Crippen LogP contribution is -2.42. The third kappa shape index (κ3) is 3.01. The van der Waals surface area contributed by atoms with Crippen LogP contribution < -0.4 is 16.0 Å². The second-order valence-corrected chi connectivity index (χ2v) is 8.48. The minimum absolute atomic E-state index is 0.0545. The Bertz CT molecular complexity index is 1050. The number of hydrogen-bond donors (Lipinski definition) is 2. The van der Waals surface area contributed by atoms with Crippen molar-refractivity contribution in [3.63, 3.8) is 0 Å². The van der Waals surface area contributed by atoms with Crippen LogP contribution in [0.15, 0.2) is 60.7 Å². The predicted octanol–water partition coefficient (Wildman–Crippen LogP) is 5.39. The molecule has 1 heterocycles. The first-order valence-electron chi connectivity index (χ1n) is 10.7. The maximum Gasteiger partial charge on any atom is 0.110 e. The Kier molecular flexibility index (Phi) is 4.36. The fraction of sp³-hybridized carbons (Fsp3) is 0.308. The molecular formula is C26H29N3. The molecule has 5 rings (SSSR count). The molecule has 1 saturated carbocycles. The lowest BCUT2D eigenvalue weighted by Gasteiger charge is -2.33. The zero-order valence-corrected chi connectivity index (χ0v) is 17.3. The van der Waals surface area contributed by atoms with Crippen molar-refractivity contribution in [3.8, 4) is 11.1 Å². The highest BCUT2D eigenvalue weighted by atomic mass is 15.4. The van der Waals surface area contributed by atoms with Gasteiger partial charge in [-0.25, -0.2) is 0 Å². The van der Waals surface area contributed by atoms with E-state index in [1.165, 1.54) is 57.6 Å². The topological polar surface area (TPSA) is 41.3 Å². The van der Waals surface area contributed by atoms with E-state index in [0.29, 0.717) is 6.54 Å². The van der Waals surface area contributed by atoms with Gasteiger partial charge >= 0.3 is 0 Å². The maximum atomic E-state index is 6.09. The summed E-state index contributed by atoms with van der Waals surface area (Å²) in [6.45, 7) is 6.14. The van der Waals surface area contributed by atoms with E-state index in [4.69, 9.17) is 5.73 Å². The van der Waals surface area contributed by atoms with Crippen molar-refractivity contribution in [1.82, 2.24) is 0 Å². The van der Waals surface area contributed by atoms with Crippen LogP contribution in [-0.2, 0) is 13.0 Å². The van der Waals surface area contributed by atoms with E-state index in [0.717, 1.165) is 13.0 Å². The minimum Gasteiger partial charge on any atom is -0.363 e. The first-order chi connectivity index (χ1) is 14.1. The lowest BCUT2D eigenvalue weighted by atomic mass is 9.88. The van der Waals surface area contributed by atoms with Gasteiger partial charge in [-0.05, 0) is 84.7 Å². The summed E-state index contributed by atoms with van der Waals surface area (Å²) in [5.41, 5.74) is 16.9. The Hall–Kier alpha value is -2.78. The predicted molar refractivity (Wildman–Crippen MR) is 122 cm³/mol. The van der Waals surface area contributed by atoms with Gasteiger partial charge in [0.2, 0.25) is 0 Å². The second kappa shape index (κ2) is 6.93. The zero-order valence-electron chi connectivity index (χ0n) is 17.3. The molecule has 0 radical (unpaired) electrons. The van der Waals surface area contributed by atoms with E-state index in [1.54, 1.807) is 0 Å². The van der Waals surface area contributed by atoms with Crippen LogP contribution in [0.3, 0.4) is 0 Å². The lowest BCUT2D eigenvalue weighted by molar-refractivity contribution is 0.669. The standard InChI is InChI=1S/C26H29N3/c1-18-16-24-23(25(19(18)2)22-11-7-6-8-20(22)17-27)12-15-29(24)26(13-14-26)28-21-9-4-3-5-10-21/h3-11,16,28H,12-15,17,27H2,1-2H3. The summed E-state index contributed by atoms with van der Waals surface area (Å²) in [5.74, 6) is 0. The van der Waals surface area contributed by atoms with Gasteiger partial charge in [-0.3, -0.25) is 0 Å². The molecule has 0 unspecified atom stereocenters. The molecular weight excluding hydrogens is 354 g/mol. The molecule has 0 spiro atoms. The highest BCUT2D eigenvalue weighted by molar-refractivity contribution is 5.83. The summed E-state index contributed by atoms with van der Waals surface area (Å²) in [4.78, 5) is 2.62. The van der Waals surface area contributed by atoms with Gasteiger partial charge in [0.1, 0.15) is 5.66 Å². The zero-order chi connectivity index (χ0) is 20.0. The maximum absolute atomic E-state index is 6.09. The van der Waals surface area contributed by atoms with Gasteiger partial charge < -0.3 is 16.0 Å². The summed E-state index contributed by atoms with van der Waals surface area (Å²) in [7, 11) is 0. The van der Waals surface area contributed by atoms with Crippen LogP contribution in [0.2, 0.25) is 0 Å². The molecule has 0 aromatic heterocycles. The quantitative estimate of drug-likeness (QED) is 0.620. The molecule has 2 aliphatic rings. The fourth-order valence-corrected chi connectivity index (χ4v) is 4.91. The van der Waals surface area contributed by atoms with Crippen LogP contribution in [0.5, 0.6) is 0 Å². The van der Waals surface area contributed by atoms with Crippen LogP contribution in [0.4, 0.5) is 11.4 Å². The molecule has 3 heteroatoms. The van der Waals surface area contributed by atoms with Crippen molar-refractivity contribution < 1.29 is 0 Å². The number of anilines is 2. The van der Waals surface area contributed by atoms with Crippen LogP contribution >= 0.6 is 0 Å². The normalized spacial score (nSPS) is 16.6. The first-order valence-corrected chi connectivity index (χ1v) is 10.7. The molecule has 1 aliphatic heterocycles. The summed E-state index contributed by atoms with van der Waals surface area (Å²) >= 11 is 0. The number of nitrogens with two attached hydrogens (primary N) is 1. The highest BCUT2D eigenvalue weighted by Crippen LogP contribution is 2.50. The minimum atomic E-state index is 0.0545. The van der Waals surface area contributed by atoms with Crippen LogP contribution in [0.25, 0.3) is 11.1 Å². The van der Waals surface area contributed by atoms with Gasteiger partial charge in [0, 0.05) is 24.5 Å². The van der Waals surface area contributed by atoms with Crippen molar-refractivity contribution in [1.29, 1.82) is 0 Å². The van der Waals surface area contributed by atoms with E-state index in [2.05, 4.69) is 84.7 Å². The van der Waals surface area contributed by atoms with Crippen molar-refractivity contribution >= 4 is 11.4 Å². The number of benzene rings is 3. The monoisotopic (exact) mass is 383 g/mol. The molecule has 3 N–H and O–H groups in total. The van der Waals surface area contributed by atoms with Gasteiger partial charge in [0.05, 0.1) is 0 Å². The van der Waals surface area contributed by atoms with E-state index in [1.807, 2.05) is 0 Å². The molecule has 0 amide bonds. The Morgan fingerprint density at radius 2 is 1.72 bits per heavy atom. The molecule has 1 fully saturated rings. The van der Waals surface area contributed by atoms with Gasteiger partial charge in [-0.15, -0.1) is 0 Å². The fourth-order valence-electron chi connectivity index (χ4n) is 4.91. The van der Waals surface area contributed by atoms with Crippen molar-refractivity contribution in [2.75, 3.05) is 16.8 Å². The Morgan fingerprint density at radius 1 is 1.00 bits per heavy atom. The van der Waals surface area contributed by atoms with Crippen molar-refractivity contribution in [2.45, 2.75) is 45.3 Å². The van der Waals surface area contributed by atoms with E-state index >= 15 is 0 Å².